The number of carbonyl (C=O) groups is 1. The molecule has 0 aliphatic carbocycles. The van der Waals surface area contributed by atoms with Crippen molar-refractivity contribution in [3.63, 3.8) is 0 Å². The number of nitrogens with zero attached hydrogens (tertiary/aromatic N) is 1. The Morgan fingerprint density at radius 1 is 1.05 bits per heavy atom. The summed E-state index contributed by atoms with van der Waals surface area (Å²) in [5.41, 5.74) is 6.70. The first kappa shape index (κ1) is 13.1. The number of carbonyl (C=O) groups excluding carboxylic acids is 1. The van der Waals surface area contributed by atoms with Crippen LogP contribution in [-0.2, 0) is 4.84 Å². The molecule has 0 spiro atoms. The van der Waals surface area contributed by atoms with Crippen molar-refractivity contribution in [2.45, 2.75) is 0 Å². The molecule has 2 rings (SSSR count). The maximum atomic E-state index is 11.7. The minimum Gasteiger partial charge on any atom is -0.380 e. The van der Waals surface area contributed by atoms with Crippen molar-refractivity contribution in [1.29, 1.82) is 0 Å². The lowest BCUT2D eigenvalue weighted by Crippen LogP contribution is -2.15. The Hall–Kier alpha value is -2.33. The highest BCUT2D eigenvalue weighted by Gasteiger charge is 2.08. The monoisotopic (exact) mass is 274 g/mol. The second-order valence-corrected chi connectivity index (χ2v) is 4.17. The lowest BCUT2D eigenvalue weighted by Gasteiger charge is -2.01. The van der Waals surface area contributed by atoms with Crippen molar-refractivity contribution in [1.82, 2.24) is 0 Å². The Morgan fingerprint density at radius 3 is 2.42 bits per heavy atom. The van der Waals surface area contributed by atoms with Gasteiger partial charge in [-0.15, -0.1) is 0 Å². The van der Waals surface area contributed by atoms with E-state index in [0.29, 0.717) is 16.1 Å². The quantitative estimate of drug-likeness (QED) is 0.405. The molecule has 0 aromatic heterocycles. The van der Waals surface area contributed by atoms with Crippen LogP contribution < -0.4 is 5.73 Å². The number of hydrogen-bond acceptors (Lipinski definition) is 3. The maximum absolute atomic E-state index is 11.7. The number of benzene rings is 2. The van der Waals surface area contributed by atoms with Gasteiger partial charge in [0.05, 0.1) is 5.56 Å². The average Bonchev–Trinajstić information content (AvgIpc) is 2.45. The number of oxime groups is 1. The van der Waals surface area contributed by atoms with Crippen molar-refractivity contribution in [2.75, 3.05) is 0 Å². The standard InChI is InChI=1S/C14H11ClN2O2/c15-12-8-4-7-11(9-12)14(18)19-17-13(16)10-5-2-1-3-6-10/h1-9H,(H2,16,17). The van der Waals surface area contributed by atoms with Crippen molar-refractivity contribution in [2.24, 2.45) is 10.9 Å². The molecule has 96 valence electrons. The predicted molar refractivity (Wildman–Crippen MR) is 74.0 cm³/mol. The van der Waals surface area contributed by atoms with Crippen molar-refractivity contribution in [3.05, 3.63) is 70.7 Å². The summed E-state index contributed by atoms with van der Waals surface area (Å²) in [7, 11) is 0. The van der Waals surface area contributed by atoms with Crippen LogP contribution in [0.15, 0.2) is 59.8 Å². The van der Waals surface area contributed by atoms with Gasteiger partial charge in [-0.2, -0.15) is 0 Å². The van der Waals surface area contributed by atoms with Gasteiger partial charge >= 0.3 is 5.97 Å². The highest BCUT2D eigenvalue weighted by Crippen LogP contribution is 2.11. The van der Waals surface area contributed by atoms with E-state index in [1.54, 1.807) is 30.3 Å². The van der Waals surface area contributed by atoms with E-state index in [0.717, 1.165) is 0 Å². The second-order valence-electron chi connectivity index (χ2n) is 3.73. The number of amidine groups is 1. The smallest absolute Gasteiger partial charge is 0.365 e. The van der Waals surface area contributed by atoms with Crippen LogP contribution in [0.4, 0.5) is 0 Å². The Morgan fingerprint density at radius 2 is 1.74 bits per heavy atom. The van der Waals surface area contributed by atoms with E-state index in [4.69, 9.17) is 22.2 Å². The molecule has 0 fully saturated rings. The summed E-state index contributed by atoms with van der Waals surface area (Å²) in [5.74, 6) is -0.475. The van der Waals surface area contributed by atoms with Crippen LogP contribution in [-0.4, -0.2) is 11.8 Å². The Labute approximate surface area is 115 Å². The van der Waals surface area contributed by atoms with Crippen LogP contribution in [0.1, 0.15) is 15.9 Å². The average molecular weight is 275 g/mol. The van der Waals surface area contributed by atoms with Crippen molar-refractivity contribution < 1.29 is 9.63 Å². The first-order valence-electron chi connectivity index (χ1n) is 5.52. The van der Waals surface area contributed by atoms with Crippen LogP contribution in [0, 0.1) is 0 Å². The molecule has 5 heteroatoms. The van der Waals surface area contributed by atoms with E-state index in [2.05, 4.69) is 5.16 Å². The van der Waals surface area contributed by atoms with E-state index < -0.39 is 5.97 Å². The predicted octanol–water partition coefficient (Wildman–Crippen LogP) is 2.82. The zero-order chi connectivity index (χ0) is 13.7. The number of halogens is 1. The van der Waals surface area contributed by atoms with Crippen LogP contribution in [0.5, 0.6) is 0 Å². The maximum Gasteiger partial charge on any atom is 0.365 e. The van der Waals surface area contributed by atoms with E-state index in [9.17, 15) is 4.79 Å². The van der Waals surface area contributed by atoms with Crippen LogP contribution in [0.25, 0.3) is 0 Å². The lowest BCUT2D eigenvalue weighted by atomic mass is 10.2. The summed E-state index contributed by atoms with van der Waals surface area (Å²) >= 11 is 5.78. The van der Waals surface area contributed by atoms with Gasteiger partial charge in [0.1, 0.15) is 0 Å². The summed E-state index contributed by atoms with van der Waals surface area (Å²) in [6.07, 6.45) is 0. The molecule has 0 radical (unpaired) electrons. The van der Waals surface area contributed by atoms with E-state index >= 15 is 0 Å². The molecule has 0 bridgehead atoms. The van der Waals surface area contributed by atoms with E-state index in [1.807, 2.05) is 18.2 Å². The van der Waals surface area contributed by atoms with Gasteiger partial charge in [0, 0.05) is 10.6 Å². The van der Waals surface area contributed by atoms with Gasteiger partial charge in [-0.1, -0.05) is 53.2 Å². The van der Waals surface area contributed by atoms with Gasteiger partial charge in [-0.05, 0) is 18.2 Å². The highest BCUT2D eigenvalue weighted by atomic mass is 35.5. The number of rotatable bonds is 3. The molecule has 0 heterocycles. The molecule has 0 saturated carbocycles. The molecule has 0 unspecified atom stereocenters. The zero-order valence-electron chi connectivity index (χ0n) is 9.92. The Bertz CT molecular complexity index is 612. The van der Waals surface area contributed by atoms with Crippen molar-refractivity contribution >= 4 is 23.4 Å². The topological polar surface area (TPSA) is 64.7 Å². The third kappa shape index (κ3) is 3.56. The molecular weight excluding hydrogens is 264 g/mol. The Kier molecular flexibility index (Phi) is 4.15. The fourth-order valence-electron chi connectivity index (χ4n) is 1.42. The SMILES string of the molecule is N/C(=N/OC(=O)c1cccc(Cl)c1)c1ccccc1. The van der Waals surface area contributed by atoms with Gasteiger partial charge in [0.15, 0.2) is 5.84 Å². The van der Waals surface area contributed by atoms with Gasteiger partial charge in [0.2, 0.25) is 0 Å². The lowest BCUT2D eigenvalue weighted by molar-refractivity contribution is 0.0516. The molecule has 19 heavy (non-hydrogen) atoms. The first-order chi connectivity index (χ1) is 9.16. The summed E-state index contributed by atoms with van der Waals surface area (Å²) in [6.45, 7) is 0. The molecule has 0 aliphatic heterocycles. The van der Waals surface area contributed by atoms with Gasteiger partial charge < -0.3 is 10.6 Å². The van der Waals surface area contributed by atoms with Gasteiger partial charge in [-0.3, -0.25) is 0 Å². The van der Waals surface area contributed by atoms with Crippen LogP contribution in [0.3, 0.4) is 0 Å². The molecule has 2 aromatic rings. The first-order valence-corrected chi connectivity index (χ1v) is 5.90. The molecule has 0 amide bonds. The van der Waals surface area contributed by atoms with E-state index in [1.165, 1.54) is 6.07 Å². The molecule has 2 N–H and O–H groups in total. The minimum absolute atomic E-state index is 0.135. The molecule has 2 aromatic carbocycles. The fraction of sp³-hybridized carbons (Fsp3) is 0. The minimum atomic E-state index is -0.610. The third-order valence-electron chi connectivity index (χ3n) is 2.36. The summed E-state index contributed by atoms with van der Waals surface area (Å²) in [5, 5.41) is 4.06. The zero-order valence-corrected chi connectivity index (χ0v) is 10.7. The highest BCUT2D eigenvalue weighted by molar-refractivity contribution is 6.30. The largest absolute Gasteiger partial charge is 0.380 e. The Balaban J connectivity index is 2.08. The van der Waals surface area contributed by atoms with E-state index in [-0.39, 0.29) is 5.84 Å². The van der Waals surface area contributed by atoms with Crippen LogP contribution >= 0.6 is 11.6 Å². The summed E-state index contributed by atoms with van der Waals surface area (Å²) in [4.78, 5) is 16.5. The number of nitrogens with two attached hydrogens (primary N) is 1. The third-order valence-corrected chi connectivity index (χ3v) is 2.59. The fourth-order valence-corrected chi connectivity index (χ4v) is 1.61. The summed E-state index contributed by atoms with van der Waals surface area (Å²) in [6, 6.07) is 15.4. The van der Waals surface area contributed by atoms with Gasteiger partial charge in [0.25, 0.3) is 0 Å². The molecule has 4 nitrogen and oxygen atoms in total. The normalized spacial score (nSPS) is 11.1. The van der Waals surface area contributed by atoms with Crippen LogP contribution in [0.2, 0.25) is 5.02 Å². The summed E-state index contributed by atoms with van der Waals surface area (Å²) < 4.78 is 0. The molecular formula is C14H11ClN2O2. The molecule has 0 aliphatic rings. The van der Waals surface area contributed by atoms with Crippen molar-refractivity contribution in [3.8, 4) is 0 Å². The number of hydrogen-bond donors (Lipinski definition) is 1. The van der Waals surface area contributed by atoms with Gasteiger partial charge in [-0.25, -0.2) is 4.79 Å². The molecule has 0 saturated heterocycles. The molecule has 0 atom stereocenters. The second kappa shape index (κ2) is 6.02.